The highest BCUT2D eigenvalue weighted by Gasteiger charge is 2.11. The summed E-state index contributed by atoms with van der Waals surface area (Å²) in [6.07, 6.45) is 0.984. The number of nitrogens with zero attached hydrogens (tertiary/aromatic N) is 3. The summed E-state index contributed by atoms with van der Waals surface area (Å²) < 4.78 is 14.8. The van der Waals surface area contributed by atoms with E-state index in [1.54, 1.807) is 0 Å². The number of rotatable bonds is 7. The lowest BCUT2D eigenvalue weighted by atomic mass is 10.0. The Morgan fingerprint density at radius 3 is 2.64 bits per heavy atom. The summed E-state index contributed by atoms with van der Waals surface area (Å²) in [5, 5.41) is 3.91. The minimum atomic E-state index is 0.674. The van der Waals surface area contributed by atoms with Crippen LogP contribution >= 0.6 is 11.8 Å². The SMILES string of the molecule is ClN=Nc1ccc(OCCCN2CCOCC2)c(-c2ccccc2)c1. The van der Waals surface area contributed by atoms with Crippen LogP contribution in [0.5, 0.6) is 5.75 Å². The van der Waals surface area contributed by atoms with E-state index in [1.165, 1.54) is 0 Å². The van der Waals surface area contributed by atoms with Gasteiger partial charge in [0.1, 0.15) is 5.75 Å². The molecule has 0 atom stereocenters. The van der Waals surface area contributed by atoms with E-state index in [2.05, 4.69) is 26.8 Å². The Morgan fingerprint density at radius 1 is 1.08 bits per heavy atom. The third-order valence-electron chi connectivity index (χ3n) is 4.18. The van der Waals surface area contributed by atoms with Crippen molar-refractivity contribution in [3.05, 3.63) is 48.5 Å². The minimum absolute atomic E-state index is 0.674. The first kappa shape index (κ1) is 17.9. The Kier molecular flexibility index (Phi) is 6.79. The quantitative estimate of drug-likeness (QED) is 0.532. The van der Waals surface area contributed by atoms with E-state index in [0.29, 0.717) is 12.3 Å². The Bertz CT molecular complexity index is 688. The van der Waals surface area contributed by atoms with Crippen LogP contribution in [0.25, 0.3) is 11.1 Å². The molecule has 3 rings (SSSR count). The summed E-state index contributed by atoms with van der Waals surface area (Å²) in [6.45, 7) is 5.38. The van der Waals surface area contributed by atoms with Crippen LogP contribution in [0.3, 0.4) is 0 Å². The van der Waals surface area contributed by atoms with Crippen molar-refractivity contribution in [2.45, 2.75) is 6.42 Å². The van der Waals surface area contributed by atoms with Crippen molar-refractivity contribution < 1.29 is 9.47 Å². The van der Waals surface area contributed by atoms with E-state index >= 15 is 0 Å². The summed E-state index contributed by atoms with van der Waals surface area (Å²) in [6, 6.07) is 15.8. The molecule has 0 spiro atoms. The molecule has 0 aromatic heterocycles. The van der Waals surface area contributed by atoms with Crippen molar-refractivity contribution in [2.24, 2.45) is 9.75 Å². The van der Waals surface area contributed by atoms with Gasteiger partial charge in [-0.1, -0.05) is 35.0 Å². The normalized spacial score (nSPS) is 15.6. The standard InChI is InChI=1S/C19H22ClN3O2/c20-22-21-17-7-8-19(18(15-17)16-5-2-1-3-6-16)25-12-4-9-23-10-13-24-14-11-23/h1-3,5-8,15H,4,9-14H2. The van der Waals surface area contributed by atoms with Gasteiger partial charge in [-0.05, 0) is 30.2 Å². The minimum Gasteiger partial charge on any atom is -0.493 e. The summed E-state index contributed by atoms with van der Waals surface area (Å²) in [5.74, 6) is 0.849. The molecule has 0 saturated carbocycles. The molecular weight excluding hydrogens is 338 g/mol. The molecule has 25 heavy (non-hydrogen) atoms. The fraction of sp³-hybridized carbons (Fsp3) is 0.368. The van der Waals surface area contributed by atoms with Crippen molar-refractivity contribution in [1.29, 1.82) is 0 Å². The van der Waals surface area contributed by atoms with Crippen molar-refractivity contribution in [2.75, 3.05) is 39.5 Å². The number of benzene rings is 2. The molecule has 2 aromatic rings. The highest BCUT2D eigenvalue weighted by Crippen LogP contribution is 2.34. The largest absolute Gasteiger partial charge is 0.493 e. The Balaban J connectivity index is 1.65. The Labute approximate surface area is 153 Å². The second-order valence-corrected chi connectivity index (χ2v) is 6.03. The molecule has 0 unspecified atom stereocenters. The lowest BCUT2D eigenvalue weighted by molar-refractivity contribution is 0.0358. The summed E-state index contributed by atoms with van der Waals surface area (Å²) in [7, 11) is 0. The predicted octanol–water partition coefficient (Wildman–Crippen LogP) is 4.69. The molecule has 1 aliphatic heterocycles. The number of ether oxygens (including phenoxy) is 2. The van der Waals surface area contributed by atoms with E-state index in [4.69, 9.17) is 21.3 Å². The molecule has 0 aliphatic carbocycles. The second-order valence-electron chi connectivity index (χ2n) is 5.88. The van der Waals surface area contributed by atoms with Crippen molar-refractivity contribution >= 4 is 17.5 Å². The highest BCUT2D eigenvalue weighted by molar-refractivity contribution is 6.14. The molecule has 1 heterocycles. The maximum Gasteiger partial charge on any atom is 0.127 e. The van der Waals surface area contributed by atoms with Crippen LogP contribution in [0, 0.1) is 0 Å². The van der Waals surface area contributed by atoms with Gasteiger partial charge in [0, 0.05) is 25.2 Å². The maximum absolute atomic E-state index is 6.05. The van der Waals surface area contributed by atoms with Gasteiger partial charge in [-0.15, -0.1) is 5.11 Å². The zero-order valence-electron chi connectivity index (χ0n) is 14.1. The van der Waals surface area contributed by atoms with Crippen LogP contribution in [-0.4, -0.2) is 44.4 Å². The van der Waals surface area contributed by atoms with E-state index in [0.717, 1.165) is 56.1 Å². The van der Waals surface area contributed by atoms with Crippen molar-refractivity contribution in [1.82, 2.24) is 4.90 Å². The molecule has 0 radical (unpaired) electrons. The van der Waals surface area contributed by atoms with Gasteiger partial charge in [-0.2, -0.15) is 0 Å². The first-order valence-electron chi connectivity index (χ1n) is 8.51. The average molecular weight is 360 g/mol. The fourth-order valence-corrected chi connectivity index (χ4v) is 2.98. The smallest absolute Gasteiger partial charge is 0.127 e. The molecular formula is C19H22ClN3O2. The molecule has 0 bridgehead atoms. The van der Waals surface area contributed by atoms with Crippen LogP contribution in [0.4, 0.5) is 5.69 Å². The van der Waals surface area contributed by atoms with Gasteiger partial charge in [0.15, 0.2) is 0 Å². The first-order chi connectivity index (χ1) is 12.4. The van der Waals surface area contributed by atoms with E-state index in [-0.39, 0.29) is 0 Å². The van der Waals surface area contributed by atoms with Gasteiger partial charge in [-0.3, -0.25) is 4.90 Å². The maximum atomic E-state index is 6.05. The molecule has 1 aliphatic rings. The predicted molar refractivity (Wildman–Crippen MR) is 99.6 cm³/mol. The van der Waals surface area contributed by atoms with Crippen LogP contribution in [0.2, 0.25) is 0 Å². The van der Waals surface area contributed by atoms with Gasteiger partial charge >= 0.3 is 0 Å². The third-order valence-corrected chi connectivity index (χ3v) is 4.26. The van der Waals surface area contributed by atoms with E-state index < -0.39 is 0 Å². The zero-order chi connectivity index (χ0) is 17.3. The Hall–Kier alpha value is -1.95. The van der Waals surface area contributed by atoms with Gasteiger partial charge in [0.05, 0.1) is 37.3 Å². The molecule has 1 fully saturated rings. The summed E-state index contributed by atoms with van der Waals surface area (Å²) >= 11 is 5.36. The number of halogens is 1. The van der Waals surface area contributed by atoms with Crippen LogP contribution in [0.1, 0.15) is 6.42 Å². The topological polar surface area (TPSA) is 46.4 Å². The van der Waals surface area contributed by atoms with Gasteiger partial charge in [0.25, 0.3) is 0 Å². The summed E-state index contributed by atoms with van der Waals surface area (Å²) in [5.41, 5.74) is 2.78. The summed E-state index contributed by atoms with van der Waals surface area (Å²) in [4.78, 5) is 2.41. The molecule has 132 valence electrons. The number of hydrogen-bond donors (Lipinski definition) is 0. The van der Waals surface area contributed by atoms with Crippen molar-refractivity contribution in [3.63, 3.8) is 0 Å². The molecule has 0 N–H and O–H groups in total. The van der Waals surface area contributed by atoms with Crippen LogP contribution in [-0.2, 0) is 4.74 Å². The van der Waals surface area contributed by atoms with E-state index in [9.17, 15) is 0 Å². The monoisotopic (exact) mass is 359 g/mol. The lowest BCUT2D eigenvalue weighted by Crippen LogP contribution is -2.37. The lowest BCUT2D eigenvalue weighted by Gasteiger charge is -2.26. The highest BCUT2D eigenvalue weighted by atomic mass is 35.5. The average Bonchev–Trinajstić information content (AvgIpc) is 2.68. The van der Waals surface area contributed by atoms with Crippen LogP contribution < -0.4 is 4.74 Å². The van der Waals surface area contributed by atoms with Gasteiger partial charge in [-0.25, -0.2) is 0 Å². The molecule has 0 amide bonds. The molecule has 2 aromatic carbocycles. The Morgan fingerprint density at radius 2 is 1.88 bits per heavy atom. The molecule has 6 heteroatoms. The second kappa shape index (κ2) is 9.51. The first-order valence-corrected chi connectivity index (χ1v) is 8.85. The number of hydrogen-bond acceptors (Lipinski definition) is 5. The van der Waals surface area contributed by atoms with Crippen LogP contribution in [0.15, 0.2) is 58.3 Å². The van der Waals surface area contributed by atoms with Gasteiger partial charge in [0.2, 0.25) is 0 Å². The third kappa shape index (κ3) is 5.26. The van der Waals surface area contributed by atoms with E-state index in [1.807, 2.05) is 36.4 Å². The molecule has 5 nitrogen and oxygen atoms in total. The molecule has 1 saturated heterocycles. The van der Waals surface area contributed by atoms with Crippen molar-refractivity contribution in [3.8, 4) is 16.9 Å². The zero-order valence-corrected chi connectivity index (χ0v) is 14.9. The van der Waals surface area contributed by atoms with Gasteiger partial charge < -0.3 is 9.47 Å². The number of morpholine rings is 1. The fourth-order valence-electron chi connectivity index (χ4n) is 2.89.